The Bertz CT molecular complexity index is 828. The molecule has 1 aromatic carbocycles. The second kappa shape index (κ2) is 10.5. The first-order valence-electron chi connectivity index (χ1n) is 10.2. The van der Waals surface area contributed by atoms with E-state index in [0.717, 1.165) is 49.7 Å². The fourth-order valence-corrected chi connectivity index (χ4v) is 4.32. The van der Waals surface area contributed by atoms with Gasteiger partial charge >= 0.3 is 0 Å². The van der Waals surface area contributed by atoms with Crippen molar-refractivity contribution in [1.82, 2.24) is 20.4 Å². The number of piperazine rings is 1. The normalized spacial score (nSPS) is 15.2. The molecule has 0 radical (unpaired) electrons. The van der Waals surface area contributed by atoms with E-state index >= 15 is 0 Å². The number of carbonyl (C=O) groups is 2. The van der Waals surface area contributed by atoms with E-state index in [1.807, 2.05) is 18.2 Å². The lowest BCUT2D eigenvalue weighted by molar-refractivity contribution is -0.119. The highest BCUT2D eigenvalue weighted by Gasteiger charge is 2.17. The molecule has 29 heavy (non-hydrogen) atoms. The lowest BCUT2D eigenvalue weighted by Gasteiger charge is -2.34. The van der Waals surface area contributed by atoms with Crippen LogP contribution in [-0.2, 0) is 24.4 Å². The lowest BCUT2D eigenvalue weighted by atomic mass is 10.1. The molecule has 156 valence electrons. The fraction of sp³-hybridized carbons (Fsp3) is 0.455. The molecular formula is C22H30N4O2S. The molecule has 2 heterocycles. The van der Waals surface area contributed by atoms with Crippen LogP contribution >= 0.6 is 11.3 Å². The van der Waals surface area contributed by atoms with Gasteiger partial charge in [0.2, 0.25) is 5.91 Å². The summed E-state index contributed by atoms with van der Waals surface area (Å²) in [6.45, 7) is 11.1. The van der Waals surface area contributed by atoms with Crippen LogP contribution in [0.5, 0.6) is 0 Å². The Kier molecular flexibility index (Phi) is 7.80. The van der Waals surface area contributed by atoms with Crippen molar-refractivity contribution in [3.8, 4) is 0 Å². The number of benzene rings is 1. The largest absolute Gasteiger partial charge is 0.351 e. The van der Waals surface area contributed by atoms with Gasteiger partial charge in [-0.05, 0) is 29.8 Å². The minimum absolute atomic E-state index is 0.0721. The van der Waals surface area contributed by atoms with Gasteiger partial charge in [0.25, 0.3) is 5.91 Å². The molecule has 1 saturated heterocycles. The van der Waals surface area contributed by atoms with E-state index in [0.29, 0.717) is 18.0 Å². The van der Waals surface area contributed by atoms with E-state index in [4.69, 9.17) is 0 Å². The molecule has 1 aliphatic rings. The Hall–Kier alpha value is -2.22. The molecule has 0 unspecified atom stereocenters. The summed E-state index contributed by atoms with van der Waals surface area (Å²) in [4.78, 5) is 30.2. The van der Waals surface area contributed by atoms with Crippen LogP contribution in [0.1, 0.15) is 39.5 Å². The highest BCUT2D eigenvalue weighted by atomic mass is 32.1. The van der Waals surface area contributed by atoms with Crippen molar-refractivity contribution in [2.45, 2.75) is 33.5 Å². The van der Waals surface area contributed by atoms with E-state index in [-0.39, 0.29) is 11.8 Å². The fourth-order valence-electron chi connectivity index (χ4n) is 3.46. The van der Waals surface area contributed by atoms with Gasteiger partial charge in [-0.25, -0.2) is 0 Å². The van der Waals surface area contributed by atoms with Gasteiger partial charge in [-0.15, -0.1) is 11.3 Å². The second-order valence-electron chi connectivity index (χ2n) is 7.34. The number of likely N-dealkylation sites (N-methyl/N-ethyl adjacent to an activating group) is 1. The Labute approximate surface area is 176 Å². The molecule has 0 atom stereocenters. The number of thiophene rings is 1. The van der Waals surface area contributed by atoms with Crippen LogP contribution in [0, 0.1) is 0 Å². The molecule has 0 aliphatic carbocycles. The molecule has 2 amide bonds. The van der Waals surface area contributed by atoms with Crippen molar-refractivity contribution in [2.75, 3.05) is 32.7 Å². The maximum atomic E-state index is 12.5. The van der Waals surface area contributed by atoms with E-state index in [9.17, 15) is 9.59 Å². The van der Waals surface area contributed by atoms with Crippen LogP contribution in [0.3, 0.4) is 0 Å². The zero-order valence-corrected chi connectivity index (χ0v) is 18.1. The predicted molar refractivity (Wildman–Crippen MR) is 117 cm³/mol. The van der Waals surface area contributed by atoms with Gasteiger partial charge in [-0.3, -0.25) is 14.5 Å². The second-order valence-corrected chi connectivity index (χ2v) is 8.51. The van der Waals surface area contributed by atoms with Crippen LogP contribution < -0.4 is 10.6 Å². The minimum atomic E-state index is -0.0737. The average Bonchev–Trinajstić information content (AvgIpc) is 3.21. The predicted octanol–water partition coefficient (Wildman–Crippen LogP) is 2.45. The summed E-state index contributed by atoms with van der Waals surface area (Å²) in [5.41, 5.74) is 2.43. The molecule has 2 N–H and O–H groups in total. The third-order valence-corrected chi connectivity index (χ3v) is 6.34. The number of hydrogen-bond acceptors (Lipinski definition) is 5. The monoisotopic (exact) mass is 414 g/mol. The molecule has 0 saturated carbocycles. The molecule has 6 nitrogen and oxygen atoms in total. The maximum absolute atomic E-state index is 12.5. The first-order valence-corrected chi connectivity index (χ1v) is 11.0. The van der Waals surface area contributed by atoms with Gasteiger partial charge in [0, 0.05) is 51.1 Å². The highest BCUT2D eigenvalue weighted by Crippen LogP contribution is 2.17. The molecule has 7 heteroatoms. The van der Waals surface area contributed by atoms with Crippen LogP contribution in [0.4, 0.5) is 0 Å². The Balaban J connectivity index is 1.54. The van der Waals surface area contributed by atoms with Crippen molar-refractivity contribution in [3.63, 3.8) is 0 Å². The zero-order valence-electron chi connectivity index (χ0n) is 17.2. The van der Waals surface area contributed by atoms with Crippen molar-refractivity contribution in [3.05, 3.63) is 57.3 Å². The first kappa shape index (κ1) is 21.5. The summed E-state index contributed by atoms with van der Waals surface area (Å²) in [5.74, 6) is -0.146. The van der Waals surface area contributed by atoms with E-state index in [1.165, 1.54) is 23.8 Å². The van der Waals surface area contributed by atoms with Gasteiger partial charge in [0.15, 0.2) is 0 Å². The van der Waals surface area contributed by atoms with Crippen LogP contribution in [-0.4, -0.2) is 54.3 Å². The van der Waals surface area contributed by atoms with Crippen molar-refractivity contribution in [1.29, 1.82) is 0 Å². The van der Waals surface area contributed by atoms with Crippen LogP contribution in [0.2, 0.25) is 0 Å². The molecule has 0 bridgehead atoms. The lowest BCUT2D eigenvalue weighted by Crippen LogP contribution is -2.45. The Morgan fingerprint density at radius 1 is 0.931 bits per heavy atom. The van der Waals surface area contributed by atoms with Crippen molar-refractivity contribution in [2.24, 2.45) is 0 Å². The molecule has 1 fully saturated rings. The Morgan fingerprint density at radius 3 is 2.31 bits per heavy atom. The van der Waals surface area contributed by atoms with Gasteiger partial charge < -0.3 is 15.5 Å². The molecule has 3 rings (SSSR count). The highest BCUT2D eigenvalue weighted by molar-refractivity contribution is 7.14. The number of amides is 2. The SMILES string of the molecule is CCN1CCN(Cc2ccccc2CNC(=O)c2ccc(CNC(C)=O)s2)CC1. The van der Waals surface area contributed by atoms with Crippen LogP contribution in [0.25, 0.3) is 0 Å². The van der Waals surface area contributed by atoms with Crippen molar-refractivity contribution < 1.29 is 9.59 Å². The zero-order chi connectivity index (χ0) is 20.6. The number of nitrogens with one attached hydrogen (secondary N) is 2. The average molecular weight is 415 g/mol. The van der Waals surface area contributed by atoms with Crippen molar-refractivity contribution >= 4 is 23.2 Å². The number of carbonyl (C=O) groups excluding carboxylic acids is 2. The third-order valence-electron chi connectivity index (χ3n) is 5.26. The quantitative estimate of drug-likeness (QED) is 0.697. The summed E-state index contributed by atoms with van der Waals surface area (Å²) in [6, 6.07) is 12.0. The van der Waals surface area contributed by atoms with Gasteiger partial charge in [-0.1, -0.05) is 31.2 Å². The molecule has 1 aromatic heterocycles. The summed E-state index contributed by atoms with van der Waals surface area (Å²) in [5, 5.41) is 5.80. The van der Waals surface area contributed by atoms with E-state index < -0.39 is 0 Å². The smallest absolute Gasteiger partial charge is 0.261 e. The van der Waals surface area contributed by atoms with Crippen LogP contribution in [0.15, 0.2) is 36.4 Å². The number of nitrogens with zero attached hydrogens (tertiary/aromatic N) is 2. The first-order chi connectivity index (χ1) is 14.0. The maximum Gasteiger partial charge on any atom is 0.261 e. The molecule has 2 aromatic rings. The van der Waals surface area contributed by atoms with Gasteiger partial charge in [0.05, 0.1) is 11.4 Å². The topological polar surface area (TPSA) is 64.7 Å². The summed E-state index contributed by atoms with van der Waals surface area (Å²) < 4.78 is 0. The minimum Gasteiger partial charge on any atom is -0.351 e. The standard InChI is InChI=1S/C22H30N4O2S/c1-3-25-10-12-26(13-11-25)16-19-7-5-4-6-18(19)14-24-22(28)21-9-8-20(29-21)15-23-17(2)27/h4-9H,3,10-16H2,1-2H3,(H,23,27)(H,24,28). The number of hydrogen-bond donors (Lipinski definition) is 2. The Morgan fingerprint density at radius 2 is 1.62 bits per heavy atom. The number of rotatable bonds is 8. The third kappa shape index (κ3) is 6.39. The van der Waals surface area contributed by atoms with E-state index in [2.05, 4.69) is 45.6 Å². The van der Waals surface area contributed by atoms with E-state index in [1.54, 1.807) is 0 Å². The van der Waals surface area contributed by atoms with Gasteiger partial charge in [-0.2, -0.15) is 0 Å². The van der Waals surface area contributed by atoms with Gasteiger partial charge in [0.1, 0.15) is 0 Å². The summed E-state index contributed by atoms with van der Waals surface area (Å²) in [7, 11) is 0. The summed E-state index contributed by atoms with van der Waals surface area (Å²) >= 11 is 1.41. The molecular weight excluding hydrogens is 384 g/mol. The summed E-state index contributed by atoms with van der Waals surface area (Å²) in [6.07, 6.45) is 0. The molecule has 1 aliphatic heterocycles. The molecule has 0 spiro atoms.